The molecule has 1 unspecified atom stereocenters. The number of thiophene rings is 1. The van der Waals surface area contributed by atoms with Crippen molar-refractivity contribution in [3.8, 4) is 0 Å². The van der Waals surface area contributed by atoms with Crippen LogP contribution in [0.25, 0.3) is 10.2 Å². The molecule has 2 heterocycles. The van der Waals surface area contributed by atoms with Crippen molar-refractivity contribution in [3.05, 3.63) is 11.4 Å². The molecule has 7 nitrogen and oxygen atoms in total. The summed E-state index contributed by atoms with van der Waals surface area (Å²) < 4.78 is 0. The van der Waals surface area contributed by atoms with Gasteiger partial charge in [0.25, 0.3) is 0 Å². The minimum Gasteiger partial charge on any atom is -0.358 e. The van der Waals surface area contributed by atoms with E-state index >= 15 is 0 Å². The van der Waals surface area contributed by atoms with Crippen molar-refractivity contribution in [1.29, 1.82) is 0 Å². The number of hydrogen-bond donors (Lipinski definition) is 4. The second-order valence-electron chi connectivity index (χ2n) is 4.71. The van der Waals surface area contributed by atoms with E-state index in [1.807, 2.05) is 25.3 Å². The number of nitrogens with one attached hydrogen (secondary N) is 3. The molecule has 1 atom stereocenters. The van der Waals surface area contributed by atoms with Crippen molar-refractivity contribution in [1.82, 2.24) is 15.3 Å². The van der Waals surface area contributed by atoms with Crippen LogP contribution >= 0.6 is 11.3 Å². The second-order valence-corrected chi connectivity index (χ2v) is 5.60. The Morgan fingerprint density at radius 2 is 2.10 bits per heavy atom. The lowest BCUT2D eigenvalue weighted by Crippen LogP contribution is -2.41. The number of hydrogen-bond acceptors (Lipinski definition) is 7. The van der Waals surface area contributed by atoms with Gasteiger partial charge < -0.3 is 10.6 Å². The summed E-state index contributed by atoms with van der Waals surface area (Å²) in [5, 5.41) is 8.74. The number of nitrogen functional groups attached to an aromatic ring is 1. The Morgan fingerprint density at radius 1 is 1.35 bits per heavy atom. The minimum absolute atomic E-state index is 0.0794. The summed E-state index contributed by atoms with van der Waals surface area (Å²) in [4.78, 5) is 21.3. The first-order valence-electron chi connectivity index (χ1n) is 6.30. The van der Waals surface area contributed by atoms with E-state index in [2.05, 4.69) is 26.0 Å². The summed E-state index contributed by atoms with van der Waals surface area (Å²) in [6.07, 6.45) is 0. The number of rotatable bonds is 5. The van der Waals surface area contributed by atoms with Crippen LogP contribution in [0.2, 0.25) is 0 Å². The molecule has 0 saturated heterocycles. The Balaban J connectivity index is 2.24. The SMILES string of the molecule is CC(C)NC(=O)C(C)Nc1nc(NN)nc2sccc12. The number of carbonyl (C=O) groups excluding carboxylic acids is 1. The number of hydrazine groups is 1. The monoisotopic (exact) mass is 294 g/mol. The second kappa shape index (κ2) is 6.02. The van der Waals surface area contributed by atoms with Crippen molar-refractivity contribution in [2.24, 2.45) is 5.84 Å². The van der Waals surface area contributed by atoms with Crippen molar-refractivity contribution in [3.63, 3.8) is 0 Å². The van der Waals surface area contributed by atoms with E-state index in [4.69, 9.17) is 5.84 Å². The highest BCUT2D eigenvalue weighted by Crippen LogP contribution is 2.26. The van der Waals surface area contributed by atoms with Crippen LogP contribution in [0.1, 0.15) is 20.8 Å². The van der Waals surface area contributed by atoms with Gasteiger partial charge in [0, 0.05) is 6.04 Å². The van der Waals surface area contributed by atoms with Crippen molar-refractivity contribution in [2.45, 2.75) is 32.9 Å². The van der Waals surface area contributed by atoms with Gasteiger partial charge in [0.15, 0.2) is 0 Å². The minimum atomic E-state index is -0.402. The van der Waals surface area contributed by atoms with Crippen LogP contribution in [0, 0.1) is 0 Å². The van der Waals surface area contributed by atoms with Crippen LogP contribution in [0.5, 0.6) is 0 Å². The molecule has 0 radical (unpaired) electrons. The maximum absolute atomic E-state index is 11.9. The lowest BCUT2D eigenvalue weighted by atomic mass is 10.2. The van der Waals surface area contributed by atoms with Crippen LogP contribution in [0.4, 0.5) is 11.8 Å². The molecule has 0 saturated carbocycles. The van der Waals surface area contributed by atoms with E-state index in [0.29, 0.717) is 11.8 Å². The van der Waals surface area contributed by atoms with Crippen LogP contribution in [-0.2, 0) is 4.79 Å². The molecule has 2 rings (SSSR count). The summed E-state index contributed by atoms with van der Waals surface area (Å²) >= 11 is 1.49. The topological polar surface area (TPSA) is 105 Å². The van der Waals surface area contributed by atoms with Gasteiger partial charge in [-0.05, 0) is 32.2 Å². The Hall–Kier alpha value is -1.93. The number of anilines is 2. The Morgan fingerprint density at radius 3 is 2.75 bits per heavy atom. The number of aromatic nitrogens is 2. The van der Waals surface area contributed by atoms with Gasteiger partial charge in [-0.15, -0.1) is 11.3 Å². The Labute approximate surface area is 121 Å². The fourth-order valence-electron chi connectivity index (χ4n) is 1.71. The van der Waals surface area contributed by atoms with E-state index in [1.54, 1.807) is 6.92 Å². The average Bonchev–Trinajstić information content (AvgIpc) is 2.86. The van der Waals surface area contributed by atoms with Gasteiger partial charge >= 0.3 is 0 Å². The third-order valence-corrected chi connectivity index (χ3v) is 3.44. The Bertz CT molecular complexity index is 611. The molecule has 0 aliphatic rings. The molecule has 5 N–H and O–H groups in total. The van der Waals surface area contributed by atoms with Crippen LogP contribution in [0.3, 0.4) is 0 Å². The van der Waals surface area contributed by atoms with E-state index in [-0.39, 0.29) is 11.9 Å². The van der Waals surface area contributed by atoms with Gasteiger partial charge in [0.2, 0.25) is 11.9 Å². The molecule has 0 spiro atoms. The molecule has 2 aromatic heterocycles. The predicted octanol–water partition coefficient (Wildman–Crippen LogP) is 1.30. The van der Waals surface area contributed by atoms with Crippen LogP contribution < -0.4 is 21.9 Å². The lowest BCUT2D eigenvalue weighted by Gasteiger charge is -2.17. The molecule has 0 aliphatic carbocycles. The van der Waals surface area contributed by atoms with Crippen molar-refractivity contribution in [2.75, 3.05) is 10.7 Å². The molecule has 0 aromatic carbocycles. The number of nitrogens with two attached hydrogens (primary N) is 1. The fraction of sp³-hybridized carbons (Fsp3) is 0.417. The average molecular weight is 294 g/mol. The predicted molar refractivity (Wildman–Crippen MR) is 81.6 cm³/mol. The van der Waals surface area contributed by atoms with Crippen molar-refractivity contribution < 1.29 is 4.79 Å². The van der Waals surface area contributed by atoms with Gasteiger partial charge in [-0.25, -0.2) is 10.8 Å². The molecular formula is C12H18N6OS. The van der Waals surface area contributed by atoms with Gasteiger partial charge in [-0.1, -0.05) is 0 Å². The number of fused-ring (bicyclic) bond motifs is 1. The molecule has 20 heavy (non-hydrogen) atoms. The fourth-order valence-corrected chi connectivity index (χ4v) is 2.47. The summed E-state index contributed by atoms with van der Waals surface area (Å²) in [6, 6.07) is 1.61. The zero-order chi connectivity index (χ0) is 14.7. The van der Waals surface area contributed by atoms with Gasteiger partial charge in [0.05, 0.1) is 5.39 Å². The summed E-state index contributed by atoms with van der Waals surface area (Å²) in [5.74, 6) is 6.19. The zero-order valence-electron chi connectivity index (χ0n) is 11.6. The maximum atomic E-state index is 11.9. The van der Waals surface area contributed by atoms with E-state index in [0.717, 1.165) is 10.2 Å². The van der Waals surface area contributed by atoms with Crippen molar-refractivity contribution >= 4 is 39.2 Å². The van der Waals surface area contributed by atoms with E-state index in [9.17, 15) is 4.79 Å². The maximum Gasteiger partial charge on any atom is 0.242 e. The molecule has 0 bridgehead atoms. The number of carbonyl (C=O) groups is 1. The number of amides is 1. The first-order chi connectivity index (χ1) is 9.51. The highest BCUT2D eigenvalue weighted by Gasteiger charge is 2.16. The molecule has 0 fully saturated rings. The molecular weight excluding hydrogens is 276 g/mol. The largest absolute Gasteiger partial charge is 0.358 e. The van der Waals surface area contributed by atoms with Gasteiger partial charge in [-0.3, -0.25) is 10.2 Å². The summed E-state index contributed by atoms with van der Waals surface area (Å²) in [6.45, 7) is 5.62. The third kappa shape index (κ3) is 3.14. The molecule has 8 heteroatoms. The normalized spacial score (nSPS) is 12.4. The standard InChI is InChI=1S/C12H18N6OS/c1-6(2)14-10(19)7(3)15-9-8-4-5-20-11(8)17-12(16-9)18-13/h4-7H,13H2,1-3H3,(H,14,19)(H2,15,16,17,18). The van der Waals surface area contributed by atoms with E-state index < -0.39 is 6.04 Å². The van der Waals surface area contributed by atoms with Gasteiger partial charge in [0.1, 0.15) is 16.7 Å². The first-order valence-corrected chi connectivity index (χ1v) is 7.18. The molecule has 2 aromatic rings. The third-order valence-electron chi connectivity index (χ3n) is 2.63. The highest BCUT2D eigenvalue weighted by molar-refractivity contribution is 7.16. The summed E-state index contributed by atoms with van der Waals surface area (Å²) in [7, 11) is 0. The highest BCUT2D eigenvalue weighted by atomic mass is 32.1. The quantitative estimate of drug-likeness (QED) is 0.489. The number of nitrogens with zero attached hydrogens (tertiary/aromatic N) is 2. The summed E-state index contributed by atoms with van der Waals surface area (Å²) in [5.41, 5.74) is 2.43. The molecule has 0 aliphatic heterocycles. The lowest BCUT2D eigenvalue weighted by molar-refractivity contribution is -0.122. The molecule has 108 valence electrons. The zero-order valence-corrected chi connectivity index (χ0v) is 12.4. The van der Waals surface area contributed by atoms with Crippen LogP contribution in [0.15, 0.2) is 11.4 Å². The molecule has 1 amide bonds. The smallest absolute Gasteiger partial charge is 0.242 e. The van der Waals surface area contributed by atoms with Gasteiger partial charge in [-0.2, -0.15) is 4.98 Å². The Kier molecular flexibility index (Phi) is 4.35. The first kappa shape index (κ1) is 14.5. The van der Waals surface area contributed by atoms with E-state index in [1.165, 1.54) is 11.3 Å². The van der Waals surface area contributed by atoms with Crippen LogP contribution in [-0.4, -0.2) is 28.0 Å².